The molecule has 1 N–H and O–H groups in total. The number of nitrogens with one attached hydrogen (secondary N) is 1. The summed E-state index contributed by atoms with van der Waals surface area (Å²) in [6, 6.07) is 8.29. The first-order chi connectivity index (χ1) is 9.13. The zero-order valence-electron chi connectivity index (χ0n) is 10.6. The van der Waals surface area contributed by atoms with E-state index in [9.17, 15) is 10.1 Å². The van der Waals surface area contributed by atoms with Crippen LogP contribution in [0.25, 0.3) is 0 Å². The smallest absolute Gasteiger partial charge is 0.333 e. The van der Waals surface area contributed by atoms with Gasteiger partial charge in [0, 0.05) is 0 Å². The van der Waals surface area contributed by atoms with Crippen LogP contribution in [0.2, 0.25) is 0 Å². The summed E-state index contributed by atoms with van der Waals surface area (Å²) in [4.78, 5) is 10.7. The Morgan fingerprint density at radius 3 is 2.74 bits per heavy atom. The molecular weight excluding hydrogens is 248 g/mol. The molecule has 0 fully saturated rings. The van der Waals surface area contributed by atoms with Crippen molar-refractivity contribution in [2.24, 2.45) is 0 Å². The molecule has 1 aromatic carbocycles. The number of furan rings is 1. The van der Waals surface area contributed by atoms with Crippen LogP contribution in [0, 0.1) is 10.1 Å². The summed E-state index contributed by atoms with van der Waals surface area (Å²) in [5.74, 6) is 0.929. The van der Waals surface area contributed by atoms with E-state index in [1.807, 2.05) is 13.0 Å². The first-order valence-corrected chi connectivity index (χ1v) is 5.75. The second kappa shape index (κ2) is 5.43. The Hall–Kier alpha value is -2.50. The van der Waals surface area contributed by atoms with E-state index in [4.69, 9.17) is 9.15 Å². The lowest BCUT2D eigenvalue weighted by Crippen LogP contribution is -2.08. The largest absolute Gasteiger partial charge is 0.490 e. The van der Waals surface area contributed by atoms with Crippen LogP contribution in [0.5, 0.6) is 5.75 Å². The highest BCUT2D eigenvalue weighted by molar-refractivity contribution is 5.68. The van der Waals surface area contributed by atoms with Gasteiger partial charge < -0.3 is 14.5 Å². The molecule has 19 heavy (non-hydrogen) atoms. The van der Waals surface area contributed by atoms with Gasteiger partial charge in [0.15, 0.2) is 5.75 Å². The third kappa shape index (κ3) is 2.67. The number of para-hydroxylation sites is 1. The van der Waals surface area contributed by atoms with Gasteiger partial charge >= 0.3 is 5.69 Å². The number of ether oxygens (including phenoxy) is 1. The third-order valence-electron chi connectivity index (χ3n) is 2.74. The minimum Gasteiger partial charge on any atom is -0.490 e. The van der Waals surface area contributed by atoms with Gasteiger partial charge in [-0.25, -0.2) is 0 Å². The molecule has 1 aromatic heterocycles. The topological polar surface area (TPSA) is 77.5 Å². The molecule has 0 aliphatic carbocycles. The average molecular weight is 262 g/mol. The maximum atomic E-state index is 11.1. The molecule has 6 heteroatoms. The molecule has 0 amide bonds. The van der Waals surface area contributed by atoms with Crippen molar-refractivity contribution in [3.05, 3.63) is 52.5 Å². The van der Waals surface area contributed by atoms with Gasteiger partial charge in [0.05, 0.1) is 24.3 Å². The quantitative estimate of drug-likeness (QED) is 0.660. The average Bonchev–Trinajstić information content (AvgIpc) is 2.92. The molecule has 6 nitrogen and oxygen atoms in total. The maximum Gasteiger partial charge on any atom is 0.333 e. The third-order valence-corrected chi connectivity index (χ3v) is 2.74. The van der Waals surface area contributed by atoms with Gasteiger partial charge in [-0.1, -0.05) is 6.07 Å². The van der Waals surface area contributed by atoms with Gasteiger partial charge in [-0.05, 0) is 31.2 Å². The first-order valence-electron chi connectivity index (χ1n) is 5.75. The molecule has 1 unspecified atom stereocenters. The molecule has 0 aliphatic heterocycles. The molecule has 0 radical (unpaired) electrons. The van der Waals surface area contributed by atoms with Crippen molar-refractivity contribution in [2.45, 2.75) is 13.0 Å². The van der Waals surface area contributed by atoms with Gasteiger partial charge in [-0.3, -0.25) is 10.1 Å². The van der Waals surface area contributed by atoms with E-state index in [0.717, 1.165) is 0 Å². The predicted octanol–water partition coefficient (Wildman–Crippen LogP) is 3.37. The summed E-state index contributed by atoms with van der Waals surface area (Å²) in [6.45, 7) is 1.86. The highest BCUT2D eigenvalue weighted by atomic mass is 16.6. The van der Waals surface area contributed by atoms with Crippen molar-refractivity contribution in [3.63, 3.8) is 0 Å². The first kappa shape index (κ1) is 12.9. The van der Waals surface area contributed by atoms with Gasteiger partial charge in [-0.2, -0.15) is 0 Å². The van der Waals surface area contributed by atoms with E-state index in [1.54, 1.807) is 30.5 Å². The normalized spacial score (nSPS) is 11.9. The number of methoxy groups -OCH3 is 1. The Labute approximate surface area is 110 Å². The Bertz CT molecular complexity index is 566. The fourth-order valence-corrected chi connectivity index (χ4v) is 1.83. The van der Waals surface area contributed by atoms with Crippen molar-refractivity contribution < 1.29 is 14.1 Å². The van der Waals surface area contributed by atoms with Crippen molar-refractivity contribution in [1.29, 1.82) is 0 Å². The SMILES string of the molecule is COc1cccc(NC(C)c2ccco2)c1[N+](=O)[O-]. The van der Waals surface area contributed by atoms with Crippen molar-refractivity contribution in [1.82, 2.24) is 0 Å². The summed E-state index contributed by atoms with van der Waals surface area (Å²) in [5.41, 5.74) is 0.316. The monoisotopic (exact) mass is 262 g/mol. The lowest BCUT2D eigenvalue weighted by atomic mass is 10.2. The van der Waals surface area contributed by atoms with Gasteiger partial charge in [0.25, 0.3) is 0 Å². The molecular formula is C13H14N2O4. The second-order valence-corrected chi connectivity index (χ2v) is 3.99. The molecule has 0 bridgehead atoms. The van der Waals surface area contributed by atoms with E-state index in [2.05, 4.69) is 5.32 Å². The highest BCUT2D eigenvalue weighted by Gasteiger charge is 2.22. The number of nitro groups is 1. The maximum absolute atomic E-state index is 11.1. The van der Waals surface area contributed by atoms with E-state index in [1.165, 1.54) is 7.11 Å². The summed E-state index contributed by atoms with van der Waals surface area (Å²) in [7, 11) is 1.40. The molecule has 1 atom stereocenters. The van der Waals surface area contributed by atoms with Crippen LogP contribution in [0.15, 0.2) is 41.0 Å². The minimum atomic E-state index is -0.462. The standard InChI is InChI=1S/C13H14N2O4/c1-9(11-7-4-8-19-11)14-10-5-3-6-12(18-2)13(10)15(16)17/h3-9,14H,1-2H3. The molecule has 2 rings (SSSR count). The number of hydrogen-bond acceptors (Lipinski definition) is 5. The van der Waals surface area contributed by atoms with Crippen LogP contribution in [-0.2, 0) is 0 Å². The van der Waals surface area contributed by atoms with E-state index >= 15 is 0 Å². The Balaban J connectivity index is 2.32. The second-order valence-electron chi connectivity index (χ2n) is 3.99. The summed E-state index contributed by atoms with van der Waals surface area (Å²) >= 11 is 0. The van der Waals surface area contributed by atoms with Gasteiger partial charge in [0.1, 0.15) is 11.4 Å². The van der Waals surface area contributed by atoms with Crippen LogP contribution < -0.4 is 10.1 Å². The van der Waals surface area contributed by atoms with Gasteiger partial charge in [0.2, 0.25) is 0 Å². The van der Waals surface area contributed by atoms with Crippen molar-refractivity contribution in [2.75, 3.05) is 12.4 Å². The number of hydrogen-bond donors (Lipinski definition) is 1. The lowest BCUT2D eigenvalue weighted by Gasteiger charge is -2.14. The van der Waals surface area contributed by atoms with Gasteiger partial charge in [-0.15, -0.1) is 0 Å². The number of rotatable bonds is 5. The number of anilines is 1. The van der Waals surface area contributed by atoms with Crippen LogP contribution in [0.1, 0.15) is 18.7 Å². The van der Waals surface area contributed by atoms with E-state index in [-0.39, 0.29) is 17.5 Å². The minimum absolute atomic E-state index is 0.0802. The number of nitro benzene ring substituents is 1. The molecule has 2 aromatic rings. The lowest BCUT2D eigenvalue weighted by molar-refractivity contribution is -0.384. The number of nitrogens with zero attached hydrogens (tertiary/aromatic N) is 1. The molecule has 0 aliphatic rings. The fraction of sp³-hybridized carbons (Fsp3) is 0.231. The fourth-order valence-electron chi connectivity index (χ4n) is 1.83. The molecule has 100 valence electrons. The van der Waals surface area contributed by atoms with E-state index in [0.29, 0.717) is 11.4 Å². The molecule has 1 heterocycles. The van der Waals surface area contributed by atoms with Crippen molar-refractivity contribution in [3.8, 4) is 5.75 Å². The van der Waals surface area contributed by atoms with Crippen LogP contribution in [-0.4, -0.2) is 12.0 Å². The Morgan fingerprint density at radius 1 is 1.37 bits per heavy atom. The Morgan fingerprint density at radius 2 is 2.16 bits per heavy atom. The van der Waals surface area contributed by atoms with Crippen LogP contribution in [0.4, 0.5) is 11.4 Å². The Kier molecular flexibility index (Phi) is 3.70. The van der Waals surface area contributed by atoms with Crippen LogP contribution >= 0.6 is 0 Å². The zero-order chi connectivity index (χ0) is 13.8. The summed E-state index contributed by atoms with van der Waals surface area (Å²) in [5, 5.41) is 14.2. The summed E-state index contributed by atoms with van der Waals surface area (Å²) < 4.78 is 10.3. The molecule has 0 saturated heterocycles. The highest BCUT2D eigenvalue weighted by Crippen LogP contribution is 2.36. The molecule has 0 spiro atoms. The zero-order valence-corrected chi connectivity index (χ0v) is 10.6. The predicted molar refractivity (Wildman–Crippen MR) is 70.4 cm³/mol. The molecule has 0 saturated carbocycles. The summed E-state index contributed by atoms with van der Waals surface area (Å²) in [6.07, 6.45) is 1.56. The number of benzene rings is 1. The van der Waals surface area contributed by atoms with Crippen LogP contribution in [0.3, 0.4) is 0 Å². The van der Waals surface area contributed by atoms with E-state index < -0.39 is 4.92 Å². The van der Waals surface area contributed by atoms with Crippen molar-refractivity contribution >= 4 is 11.4 Å².